The third-order valence-electron chi connectivity index (χ3n) is 2.42. The van der Waals surface area contributed by atoms with E-state index in [1.807, 2.05) is 24.3 Å². The lowest BCUT2D eigenvalue weighted by atomic mass is 9.97. The van der Waals surface area contributed by atoms with E-state index in [0.29, 0.717) is 12.4 Å². The zero-order valence-electron chi connectivity index (χ0n) is 8.92. The van der Waals surface area contributed by atoms with E-state index in [2.05, 4.69) is 20.6 Å². The lowest BCUT2D eigenvalue weighted by Crippen LogP contribution is -2.16. The monoisotopic (exact) mass is 219 g/mol. The standard InChI is InChI=1S/C10H13N5O/c1-16-9-5-3-2-4-7(9)8(6-11)10-12-14-15-13-10/h2-5,8H,6,11H2,1H3,(H,12,13,14,15). The van der Waals surface area contributed by atoms with Crippen molar-refractivity contribution in [3.8, 4) is 5.75 Å². The van der Waals surface area contributed by atoms with Gasteiger partial charge in [0.1, 0.15) is 5.75 Å². The van der Waals surface area contributed by atoms with Gasteiger partial charge in [0.05, 0.1) is 13.0 Å². The van der Waals surface area contributed by atoms with Gasteiger partial charge in [-0.05, 0) is 6.07 Å². The number of tetrazole rings is 1. The molecule has 0 aliphatic carbocycles. The van der Waals surface area contributed by atoms with Crippen LogP contribution in [0.5, 0.6) is 5.75 Å². The molecule has 0 aliphatic heterocycles. The predicted molar refractivity (Wildman–Crippen MR) is 58.1 cm³/mol. The maximum absolute atomic E-state index is 5.74. The van der Waals surface area contributed by atoms with Gasteiger partial charge in [-0.25, -0.2) is 0 Å². The molecule has 1 atom stereocenters. The SMILES string of the molecule is COc1ccccc1C(CN)c1nn[nH]n1. The van der Waals surface area contributed by atoms with Crippen molar-refractivity contribution in [3.05, 3.63) is 35.7 Å². The first-order valence-corrected chi connectivity index (χ1v) is 4.93. The lowest BCUT2D eigenvalue weighted by molar-refractivity contribution is 0.407. The molecule has 2 rings (SSSR count). The highest BCUT2D eigenvalue weighted by Gasteiger charge is 2.20. The van der Waals surface area contributed by atoms with Crippen LogP contribution in [0.3, 0.4) is 0 Å². The minimum absolute atomic E-state index is 0.102. The molecule has 1 unspecified atom stereocenters. The Bertz CT molecular complexity index is 442. The number of nitrogens with zero attached hydrogens (tertiary/aromatic N) is 3. The number of ether oxygens (including phenoxy) is 1. The molecule has 0 amide bonds. The minimum atomic E-state index is -0.102. The van der Waals surface area contributed by atoms with E-state index in [-0.39, 0.29) is 5.92 Å². The Morgan fingerprint density at radius 3 is 2.88 bits per heavy atom. The van der Waals surface area contributed by atoms with Crippen molar-refractivity contribution in [3.63, 3.8) is 0 Å². The summed E-state index contributed by atoms with van der Waals surface area (Å²) in [5.74, 6) is 1.25. The molecule has 0 saturated heterocycles. The number of para-hydroxylation sites is 1. The van der Waals surface area contributed by atoms with Gasteiger partial charge in [0.2, 0.25) is 0 Å². The van der Waals surface area contributed by atoms with Crippen molar-refractivity contribution in [1.29, 1.82) is 0 Å². The molecule has 1 aromatic heterocycles. The largest absolute Gasteiger partial charge is 0.496 e. The van der Waals surface area contributed by atoms with Gasteiger partial charge in [0.25, 0.3) is 0 Å². The second kappa shape index (κ2) is 4.71. The number of hydrogen-bond donors (Lipinski definition) is 2. The second-order valence-corrected chi connectivity index (χ2v) is 3.30. The molecular weight excluding hydrogens is 206 g/mol. The number of aromatic amines is 1. The lowest BCUT2D eigenvalue weighted by Gasteiger charge is -2.14. The van der Waals surface area contributed by atoms with E-state index in [9.17, 15) is 0 Å². The van der Waals surface area contributed by atoms with E-state index in [0.717, 1.165) is 11.3 Å². The van der Waals surface area contributed by atoms with Crippen molar-refractivity contribution >= 4 is 0 Å². The summed E-state index contributed by atoms with van der Waals surface area (Å²) in [5, 5.41) is 13.9. The summed E-state index contributed by atoms with van der Waals surface area (Å²) in [6.45, 7) is 0.403. The highest BCUT2D eigenvalue weighted by molar-refractivity contribution is 5.39. The maximum Gasteiger partial charge on any atom is 0.183 e. The van der Waals surface area contributed by atoms with Crippen LogP contribution in [0.1, 0.15) is 17.3 Å². The van der Waals surface area contributed by atoms with E-state index in [1.165, 1.54) is 0 Å². The fraction of sp³-hybridized carbons (Fsp3) is 0.300. The Kier molecular flexibility index (Phi) is 3.11. The van der Waals surface area contributed by atoms with Crippen molar-refractivity contribution in [2.45, 2.75) is 5.92 Å². The summed E-state index contributed by atoms with van der Waals surface area (Å²) in [5.41, 5.74) is 6.71. The quantitative estimate of drug-likeness (QED) is 0.771. The van der Waals surface area contributed by atoms with Crippen molar-refractivity contribution < 1.29 is 4.74 Å². The Morgan fingerprint density at radius 2 is 2.25 bits per heavy atom. The van der Waals surface area contributed by atoms with Crippen molar-refractivity contribution in [2.75, 3.05) is 13.7 Å². The molecule has 2 aromatic rings. The van der Waals surface area contributed by atoms with Gasteiger partial charge in [-0.3, -0.25) is 0 Å². The van der Waals surface area contributed by atoms with E-state index >= 15 is 0 Å². The molecule has 0 bridgehead atoms. The van der Waals surface area contributed by atoms with E-state index in [4.69, 9.17) is 10.5 Å². The zero-order chi connectivity index (χ0) is 11.4. The average Bonchev–Trinajstić information content (AvgIpc) is 2.84. The summed E-state index contributed by atoms with van der Waals surface area (Å²) in [4.78, 5) is 0. The number of rotatable bonds is 4. The summed E-state index contributed by atoms with van der Waals surface area (Å²) in [7, 11) is 1.63. The first-order valence-electron chi connectivity index (χ1n) is 4.93. The molecule has 0 fully saturated rings. The number of H-pyrrole nitrogens is 1. The molecule has 6 nitrogen and oxygen atoms in total. The smallest absolute Gasteiger partial charge is 0.183 e. The van der Waals surface area contributed by atoms with Gasteiger partial charge in [-0.2, -0.15) is 5.21 Å². The number of aromatic nitrogens is 4. The van der Waals surface area contributed by atoms with E-state index < -0.39 is 0 Å². The van der Waals surface area contributed by atoms with Gasteiger partial charge in [0, 0.05) is 12.1 Å². The molecule has 0 radical (unpaired) electrons. The summed E-state index contributed by atoms with van der Waals surface area (Å²) in [6.07, 6.45) is 0. The topological polar surface area (TPSA) is 89.7 Å². The van der Waals surface area contributed by atoms with Gasteiger partial charge >= 0.3 is 0 Å². The van der Waals surface area contributed by atoms with E-state index in [1.54, 1.807) is 7.11 Å². The van der Waals surface area contributed by atoms with Crippen molar-refractivity contribution in [1.82, 2.24) is 20.6 Å². The van der Waals surface area contributed by atoms with Crippen LogP contribution >= 0.6 is 0 Å². The molecule has 0 saturated carbocycles. The van der Waals surface area contributed by atoms with Crippen LogP contribution in [0.4, 0.5) is 0 Å². The van der Waals surface area contributed by atoms with Crippen LogP contribution in [0.2, 0.25) is 0 Å². The van der Waals surface area contributed by atoms with Crippen LogP contribution in [0.25, 0.3) is 0 Å². The van der Waals surface area contributed by atoms with Crippen molar-refractivity contribution in [2.24, 2.45) is 5.73 Å². The normalized spacial score (nSPS) is 12.4. The molecule has 0 spiro atoms. The Hall–Kier alpha value is -1.95. The van der Waals surface area contributed by atoms with Crippen LogP contribution in [-0.4, -0.2) is 34.3 Å². The van der Waals surface area contributed by atoms with Crippen LogP contribution in [0.15, 0.2) is 24.3 Å². The fourth-order valence-electron chi connectivity index (χ4n) is 1.64. The molecule has 1 heterocycles. The zero-order valence-corrected chi connectivity index (χ0v) is 8.92. The minimum Gasteiger partial charge on any atom is -0.496 e. The van der Waals surface area contributed by atoms with Gasteiger partial charge in [0.15, 0.2) is 5.82 Å². The first kappa shape index (κ1) is 10.6. The Labute approximate surface area is 92.8 Å². The molecule has 84 valence electrons. The van der Waals surface area contributed by atoms with Gasteiger partial charge in [-0.15, -0.1) is 10.2 Å². The molecule has 6 heteroatoms. The third-order valence-corrected chi connectivity index (χ3v) is 2.42. The molecule has 3 N–H and O–H groups in total. The average molecular weight is 219 g/mol. The Morgan fingerprint density at radius 1 is 1.44 bits per heavy atom. The number of hydrogen-bond acceptors (Lipinski definition) is 5. The second-order valence-electron chi connectivity index (χ2n) is 3.30. The van der Waals surface area contributed by atoms with Gasteiger partial charge in [-0.1, -0.05) is 23.4 Å². The van der Waals surface area contributed by atoms with Crippen LogP contribution < -0.4 is 10.5 Å². The fourth-order valence-corrected chi connectivity index (χ4v) is 1.64. The third kappa shape index (κ3) is 1.87. The first-order chi connectivity index (χ1) is 7.86. The van der Waals surface area contributed by atoms with Crippen LogP contribution in [-0.2, 0) is 0 Å². The number of nitrogens with one attached hydrogen (secondary N) is 1. The number of nitrogens with two attached hydrogens (primary N) is 1. The summed E-state index contributed by atoms with van der Waals surface area (Å²) >= 11 is 0. The highest BCUT2D eigenvalue weighted by Crippen LogP contribution is 2.28. The molecular formula is C10H13N5O. The highest BCUT2D eigenvalue weighted by atomic mass is 16.5. The maximum atomic E-state index is 5.74. The predicted octanol–water partition coefficient (Wildman–Crippen LogP) is 0.299. The molecule has 16 heavy (non-hydrogen) atoms. The number of benzene rings is 1. The van der Waals surface area contributed by atoms with Gasteiger partial charge < -0.3 is 10.5 Å². The molecule has 0 aliphatic rings. The summed E-state index contributed by atoms with van der Waals surface area (Å²) < 4.78 is 5.28. The number of methoxy groups -OCH3 is 1. The summed E-state index contributed by atoms with van der Waals surface area (Å²) in [6, 6.07) is 7.68. The Balaban J connectivity index is 2.41. The van der Waals surface area contributed by atoms with Crippen LogP contribution in [0, 0.1) is 0 Å². The molecule has 1 aromatic carbocycles.